The summed E-state index contributed by atoms with van der Waals surface area (Å²) in [7, 11) is 0. The van der Waals surface area contributed by atoms with Crippen LogP contribution in [0.3, 0.4) is 0 Å². The molecule has 0 aliphatic rings. The molecule has 0 aliphatic heterocycles. The quantitative estimate of drug-likeness (QED) is 0.214. The fraction of sp³-hybridized carbons (Fsp3) is 0.963. The first-order valence-corrected chi connectivity index (χ1v) is 12.6. The Kier molecular flexibility index (Phi) is 12.5. The molecule has 0 aromatic rings. The van der Waals surface area contributed by atoms with Crippen LogP contribution in [-0.4, -0.2) is 48.2 Å². The first-order chi connectivity index (χ1) is 14.5. The smallest absolute Gasteiger partial charge is 0.309 e. The average molecular weight is 459 g/mol. The molecule has 3 atom stereocenters. The first-order valence-electron chi connectivity index (χ1n) is 12.6. The summed E-state index contributed by atoms with van der Waals surface area (Å²) in [6.07, 6.45) is 2.85. The van der Waals surface area contributed by atoms with Gasteiger partial charge in [0.15, 0.2) is 0 Å². The lowest BCUT2D eigenvalue weighted by atomic mass is 9.69. The van der Waals surface area contributed by atoms with E-state index >= 15 is 0 Å². The number of rotatable bonds is 16. The number of aliphatic hydroxyl groups excluding tert-OH is 1. The van der Waals surface area contributed by atoms with Crippen LogP contribution in [0.5, 0.6) is 0 Å². The molecule has 0 bridgehead atoms. The molecule has 192 valence electrons. The van der Waals surface area contributed by atoms with Gasteiger partial charge in [-0.2, -0.15) is 0 Å². The second kappa shape index (κ2) is 12.7. The maximum atomic E-state index is 12.8. The molecular weight excluding hydrogens is 404 g/mol. The Morgan fingerprint density at radius 2 is 1.41 bits per heavy atom. The maximum absolute atomic E-state index is 12.8. The molecule has 0 aliphatic carbocycles. The molecule has 0 amide bonds. The van der Waals surface area contributed by atoms with Crippen LogP contribution in [0.4, 0.5) is 0 Å². The molecule has 3 unspecified atom stereocenters. The zero-order chi connectivity index (χ0) is 25.4. The second-order valence-electron chi connectivity index (χ2n) is 11.9. The Bertz CT molecular complexity index is 550. The van der Waals surface area contributed by atoms with Gasteiger partial charge in [0.2, 0.25) is 0 Å². The van der Waals surface area contributed by atoms with Crippen LogP contribution in [0.1, 0.15) is 109 Å². The summed E-state index contributed by atoms with van der Waals surface area (Å²) < 4.78 is 17.9. The van der Waals surface area contributed by atoms with Crippen LogP contribution >= 0.6 is 0 Å². The fourth-order valence-electron chi connectivity index (χ4n) is 4.03. The molecule has 0 aromatic heterocycles. The van der Waals surface area contributed by atoms with E-state index in [1.54, 1.807) is 0 Å². The molecule has 5 heteroatoms. The molecule has 0 fully saturated rings. The highest BCUT2D eigenvalue weighted by atomic mass is 16.6. The van der Waals surface area contributed by atoms with Crippen molar-refractivity contribution in [2.24, 2.45) is 22.7 Å². The molecule has 0 saturated carbocycles. The molecule has 0 radical (unpaired) electrons. The van der Waals surface area contributed by atoms with E-state index in [4.69, 9.17) is 14.2 Å². The zero-order valence-corrected chi connectivity index (χ0v) is 23.3. The molecule has 1 N–H and O–H groups in total. The van der Waals surface area contributed by atoms with Crippen molar-refractivity contribution >= 4 is 5.97 Å². The lowest BCUT2D eigenvalue weighted by Gasteiger charge is -2.46. The van der Waals surface area contributed by atoms with E-state index in [2.05, 4.69) is 48.5 Å². The second-order valence-corrected chi connectivity index (χ2v) is 11.9. The third-order valence-corrected chi connectivity index (χ3v) is 7.87. The maximum Gasteiger partial charge on any atom is 0.309 e. The fourth-order valence-corrected chi connectivity index (χ4v) is 4.03. The van der Waals surface area contributed by atoms with Crippen molar-refractivity contribution in [2.75, 3.05) is 19.8 Å². The number of hydrogen-bond donors (Lipinski definition) is 1. The van der Waals surface area contributed by atoms with Gasteiger partial charge in [-0.1, -0.05) is 54.9 Å². The number of carbonyl (C=O) groups is 1. The summed E-state index contributed by atoms with van der Waals surface area (Å²) in [5.74, 6) is 0.230. The molecule has 0 heterocycles. The Labute approximate surface area is 199 Å². The average Bonchev–Trinajstić information content (AvgIpc) is 2.67. The number of aliphatic hydroxyl groups is 1. The molecule has 0 aromatic carbocycles. The van der Waals surface area contributed by atoms with Gasteiger partial charge in [-0.05, 0) is 65.2 Å². The number of hydrogen-bond acceptors (Lipinski definition) is 5. The summed E-state index contributed by atoms with van der Waals surface area (Å²) in [6, 6.07) is 0. The van der Waals surface area contributed by atoms with Crippen LogP contribution in [0.2, 0.25) is 0 Å². The predicted molar refractivity (Wildman–Crippen MR) is 133 cm³/mol. The monoisotopic (exact) mass is 458 g/mol. The molecular formula is C27H54O5. The van der Waals surface area contributed by atoms with E-state index < -0.39 is 17.3 Å². The van der Waals surface area contributed by atoms with Gasteiger partial charge in [0, 0.05) is 5.41 Å². The van der Waals surface area contributed by atoms with Gasteiger partial charge in [0.25, 0.3) is 0 Å². The summed E-state index contributed by atoms with van der Waals surface area (Å²) in [5, 5.41) is 10.3. The van der Waals surface area contributed by atoms with Crippen molar-refractivity contribution in [3.63, 3.8) is 0 Å². The number of ether oxygens (including phenoxy) is 3. The van der Waals surface area contributed by atoms with Crippen molar-refractivity contribution < 1.29 is 24.1 Å². The van der Waals surface area contributed by atoms with Crippen LogP contribution in [0.15, 0.2) is 0 Å². The summed E-state index contributed by atoms with van der Waals surface area (Å²) in [5.41, 5.74) is -1.26. The molecule has 0 spiro atoms. The normalized spacial score (nSPS) is 17.2. The molecule has 0 saturated heterocycles. The number of esters is 1. The Morgan fingerprint density at radius 1 is 0.844 bits per heavy atom. The van der Waals surface area contributed by atoms with Crippen molar-refractivity contribution in [3.8, 4) is 0 Å². The van der Waals surface area contributed by atoms with E-state index in [0.717, 1.165) is 19.3 Å². The zero-order valence-electron chi connectivity index (χ0n) is 23.3. The SMILES string of the molecule is CCC(C)(C)C(CC(C)C)C(=O)OCCOC(C)(C)CCOC(C)(C)C(C)(CC)C(C)O. The lowest BCUT2D eigenvalue weighted by molar-refractivity contribution is -0.163. The highest BCUT2D eigenvalue weighted by Crippen LogP contribution is 2.41. The van der Waals surface area contributed by atoms with Crippen molar-refractivity contribution in [2.45, 2.75) is 126 Å². The van der Waals surface area contributed by atoms with E-state index in [1.807, 2.05) is 34.6 Å². The molecule has 32 heavy (non-hydrogen) atoms. The van der Waals surface area contributed by atoms with Crippen molar-refractivity contribution in [1.29, 1.82) is 0 Å². The minimum absolute atomic E-state index is 0.0787. The summed E-state index contributed by atoms with van der Waals surface area (Å²) >= 11 is 0. The van der Waals surface area contributed by atoms with Crippen LogP contribution in [-0.2, 0) is 19.0 Å². The molecule has 5 nitrogen and oxygen atoms in total. The highest BCUT2D eigenvalue weighted by Gasteiger charge is 2.44. The predicted octanol–water partition coefficient (Wildman–Crippen LogP) is 6.41. The van der Waals surface area contributed by atoms with Crippen molar-refractivity contribution in [1.82, 2.24) is 0 Å². The standard InChI is InChI=1S/C27H54O5/c1-13-24(6,7)22(19-20(3)4)23(29)30-17-18-31-25(8,9)15-16-32-26(10,11)27(12,14-2)21(5)28/h20-22,28H,13-19H2,1-12H3. The van der Waals surface area contributed by atoms with Crippen molar-refractivity contribution in [3.05, 3.63) is 0 Å². The van der Waals surface area contributed by atoms with Gasteiger partial charge in [0.1, 0.15) is 6.61 Å². The van der Waals surface area contributed by atoms with E-state index in [9.17, 15) is 9.90 Å². The van der Waals surface area contributed by atoms with E-state index in [-0.39, 0.29) is 29.3 Å². The van der Waals surface area contributed by atoms with Crippen LogP contribution < -0.4 is 0 Å². The Balaban J connectivity index is 4.63. The Hall–Kier alpha value is -0.650. The first kappa shape index (κ1) is 31.4. The van der Waals surface area contributed by atoms with Gasteiger partial charge >= 0.3 is 5.97 Å². The third kappa shape index (κ3) is 9.30. The van der Waals surface area contributed by atoms with E-state index in [1.165, 1.54) is 0 Å². The van der Waals surface area contributed by atoms with Gasteiger partial charge < -0.3 is 19.3 Å². The lowest BCUT2D eigenvalue weighted by Crippen LogP contribution is -2.50. The summed E-state index contributed by atoms with van der Waals surface area (Å²) in [6.45, 7) is 26.0. The molecule has 0 rings (SSSR count). The van der Waals surface area contributed by atoms with Gasteiger partial charge in [0.05, 0.1) is 36.4 Å². The minimum atomic E-state index is -0.460. The van der Waals surface area contributed by atoms with E-state index in [0.29, 0.717) is 25.6 Å². The van der Waals surface area contributed by atoms with Gasteiger partial charge in [-0.3, -0.25) is 4.79 Å². The largest absolute Gasteiger partial charge is 0.463 e. The topological polar surface area (TPSA) is 65.0 Å². The van der Waals surface area contributed by atoms with Crippen LogP contribution in [0.25, 0.3) is 0 Å². The minimum Gasteiger partial charge on any atom is -0.463 e. The summed E-state index contributed by atoms with van der Waals surface area (Å²) in [4.78, 5) is 12.8. The highest BCUT2D eigenvalue weighted by molar-refractivity contribution is 5.73. The Morgan fingerprint density at radius 3 is 1.84 bits per heavy atom. The van der Waals surface area contributed by atoms with Gasteiger partial charge in [-0.15, -0.1) is 0 Å². The van der Waals surface area contributed by atoms with Gasteiger partial charge in [-0.25, -0.2) is 0 Å². The number of carbonyl (C=O) groups excluding carboxylic acids is 1. The third-order valence-electron chi connectivity index (χ3n) is 7.87. The van der Waals surface area contributed by atoms with Crippen LogP contribution in [0, 0.1) is 22.7 Å².